The monoisotopic (exact) mass is 518 g/mol. The van der Waals surface area contributed by atoms with Crippen molar-refractivity contribution in [2.45, 2.75) is 6.61 Å². The lowest BCUT2D eigenvalue weighted by molar-refractivity contribution is -0.127. The molecule has 10 heteroatoms. The van der Waals surface area contributed by atoms with E-state index in [9.17, 15) is 19.2 Å². The van der Waals surface area contributed by atoms with E-state index in [0.717, 1.165) is 22.2 Å². The highest BCUT2D eigenvalue weighted by Gasteiger charge is 2.36. The van der Waals surface area contributed by atoms with Crippen LogP contribution < -0.4 is 14.8 Å². The Hall–Kier alpha value is -4.57. The van der Waals surface area contributed by atoms with Crippen molar-refractivity contribution in [1.29, 1.82) is 0 Å². The molecule has 0 saturated carbocycles. The Morgan fingerprint density at radius 1 is 1.00 bits per heavy atom. The molecule has 0 unspecified atom stereocenters. The molecule has 0 aliphatic carbocycles. The number of anilines is 1. The predicted octanol–water partition coefficient (Wildman–Crippen LogP) is 4.65. The summed E-state index contributed by atoms with van der Waals surface area (Å²) in [5, 5.41) is 11.1. The largest absolute Gasteiger partial charge is 0.493 e. The first-order chi connectivity index (χ1) is 17.8. The number of carboxylic acids is 1. The van der Waals surface area contributed by atoms with Crippen LogP contribution in [-0.2, 0) is 16.2 Å². The van der Waals surface area contributed by atoms with Gasteiger partial charge in [-0.25, -0.2) is 4.79 Å². The molecule has 0 radical (unpaired) electrons. The molecule has 0 bridgehead atoms. The van der Waals surface area contributed by atoms with Crippen LogP contribution in [0.3, 0.4) is 0 Å². The van der Waals surface area contributed by atoms with Crippen molar-refractivity contribution in [3.05, 3.63) is 94.4 Å². The summed E-state index contributed by atoms with van der Waals surface area (Å²) in [6, 6.07) is 20.1. The fourth-order valence-electron chi connectivity index (χ4n) is 3.45. The van der Waals surface area contributed by atoms with Crippen molar-refractivity contribution in [1.82, 2.24) is 4.90 Å². The average Bonchev–Trinajstić information content (AvgIpc) is 3.15. The van der Waals surface area contributed by atoms with Gasteiger partial charge in [-0.15, -0.1) is 0 Å². The van der Waals surface area contributed by atoms with Crippen LogP contribution in [0.1, 0.15) is 21.5 Å². The van der Waals surface area contributed by atoms with Crippen molar-refractivity contribution in [2.24, 2.45) is 0 Å². The van der Waals surface area contributed by atoms with Gasteiger partial charge < -0.3 is 19.9 Å². The predicted molar refractivity (Wildman–Crippen MR) is 138 cm³/mol. The van der Waals surface area contributed by atoms with Crippen LogP contribution in [0.5, 0.6) is 11.5 Å². The molecule has 0 atom stereocenters. The topological polar surface area (TPSA) is 122 Å². The third kappa shape index (κ3) is 6.36. The molecule has 2 N–H and O–H groups in total. The summed E-state index contributed by atoms with van der Waals surface area (Å²) in [5.74, 6) is -1.17. The Kier molecular flexibility index (Phi) is 7.89. The van der Waals surface area contributed by atoms with Gasteiger partial charge in [-0.1, -0.05) is 36.4 Å². The van der Waals surface area contributed by atoms with Gasteiger partial charge in [0, 0.05) is 5.69 Å². The van der Waals surface area contributed by atoms with Gasteiger partial charge in [0.2, 0.25) is 5.91 Å². The number of rotatable bonds is 9. The third-order valence-electron chi connectivity index (χ3n) is 5.31. The van der Waals surface area contributed by atoms with Crippen molar-refractivity contribution in [2.75, 3.05) is 19.0 Å². The number of imide groups is 1. The van der Waals surface area contributed by atoms with Crippen molar-refractivity contribution < 1.29 is 33.8 Å². The second kappa shape index (κ2) is 11.4. The maximum Gasteiger partial charge on any atom is 0.335 e. The zero-order valence-corrected chi connectivity index (χ0v) is 20.5. The lowest BCUT2D eigenvalue weighted by atomic mass is 10.1. The van der Waals surface area contributed by atoms with E-state index in [4.69, 9.17) is 14.6 Å². The summed E-state index contributed by atoms with van der Waals surface area (Å²) in [5.41, 5.74) is 2.14. The van der Waals surface area contributed by atoms with Crippen LogP contribution in [0.2, 0.25) is 0 Å². The number of hydrogen-bond donors (Lipinski definition) is 2. The molecular weight excluding hydrogens is 496 g/mol. The van der Waals surface area contributed by atoms with Gasteiger partial charge in [-0.3, -0.25) is 19.3 Å². The maximum absolute atomic E-state index is 12.8. The summed E-state index contributed by atoms with van der Waals surface area (Å²) >= 11 is 0.758. The van der Waals surface area contributed by atoms with Gasteiger partial charge in [-0.05, 0) is 65.4 Å². The van der Waals surface area contributed by atoms with Crippen LogP contribution in [0.4, 0.5) is 10.5 Å². The zero-order chi connectivity index (χ0) is 26.4. The Labute approximate surface area is 216 Å². The van der Waals surface area contributed by atoms with E-state index in [1.165, 1.54) is 19.2 Å². The molecule has 188 valence electrons. The number of nitrogens with zero attached hydrogens (tertiary/aromatic N) is 1. The minimum atomic E-state index is -1.00. The number of hydrogen-bond acceptors (Lipinski definition) is 7. The Morgan fingerprint density at radius 2 is 1.73 bits per heavy atom. The summed E-state index contributed by atoms with van der Waals surface area (Å²) < 4.78 is 11.2. The highest BCUT2D eigenvalue weighted by atomic mass is 32.2. The smallest absolute Gasteiger partial charge is 0.335 e. The molecule has 3 amide bonds. The molecule has 1 heterocycles. The molecular formula is C27H22N2O7S. The fraction of sp³-hybridized carbons (Fsp3) is 0.111. The second-order valence-electron chi connectivity index (χ2n) is 7.88. The number of aromatic carboxylic acids is 1. The standard InChI is InChI=1S/C27H22N2O7S/c1-35-22-13-18(9-12-21(22)36-16-17-7-10-19(11-8-17)26(32)33)14-23-25(31)29(27(34)37-23)15-24(30)28-20-5-3-2-4-6-20/h2-14H,15-16H2,1H3,(H,28,30)(H,32,33)/b23-14-. The second-order valence-corrected chi connectivity index (χ2v) is 8.88. The molecule has 1 saturated heterocycles. The summed E-state index contributed by atoms with van der Waals surface area (Å²) in [4.78, 5) is 49.6. The first-order valence-electron chi connectivity index (χ1n) is 11.1. The number of benzene rings is 3. The average molecular weight is 519 g/mol. The van der Waals surface area contributed by atoms with Gasteiger partial charge in [0.25, 0.3) is 11.1 Å². The zero-order valence-electron chi connectivity index (χ0n) is 19.7. The quantitative estimate of drug-likeness (QED) is 0.393. The molecule has 3 aromatic carbocycles. The van der Waals surface area contributed by atoms with Crippen LogP contribution in [0.15, 0.2) is 77.7 Å². The number of ether oxygens (including phenoxy) is 2. The fourth-order valence-corrected chi connectivity index (χ4v) is 4.29. The molecule has 1 aliphatic rings. The lowest BCUT2D eigenvalue weighted by Gasteiger charge is -2.12. The van der Waals surface area contributed by atoms with E-state index >= 15 is 0 Å². The maximum atomic E-state index is 12.8. The Balaban J connectivity index is 1.41. The summed E-state index contributed by atoms with van der Waals surface area (Å²) in [7, 11) is 1.48. The normalized spacial score (nSPS) is 14.1. The molecule has 1 fully saturated rings. The molecule has 0 aromatic heterocycles. The Bertz CT molecular complexity index is 1370. The van der Waals surface area contributed by atoms with Gasteiger partial charge in [0.05, 0.1) is 17.6 Å². The van der Waals surface area contributed by atoms with E-state index in [2.05, 4.69) is 5.32 Å². The van der Waals surface area contributed by atoms with Gasteiger partial charge in [0.15, 0.2) is 11.5 Å². The minimum absolute atomic E-state index is 0.187. The SMILES string of the molecule is COc1cc(/C=C2\SC(=O)N(CC(=O)Nc3ccccc3)C2=O)ccc1OCc1ccc(C(=O)O)cc1. The highest BCUT2D eigenvalue weighted by molar-refractivity contribution is 8.18. The first kappa shape index (κ1) is 25.5. The highest BCUT2D eigenvalue weighted by Crippen LogP contribution is 2.34. The number of carbonyl (C=O) groups excluding carboxylic acids is 3. The van der Waals surface area contributed by atoms with Gasteiger partial charge in [0.1, 0.15) is 13.2 Å². The van der Waals surface area contributed by atoms with Crippen LogP contribution in [0, 0.1) is 0 Å². The lowest BCUT2D eigenvalue weighted by Crippen LogP contribution is -2.36. The molecule has 9 nitrogen and oxygen atoms in total. The van der Waals surface area contributed by atoms with Crippen LogP contribution in [0.25, 0.3) is 6.08 Å². The van der Waals surface area contributed by atoms with Crippen molar-refractivity contribution in [3.8, 4) is 11.5 Å². The van der Waals surface area contributed by atoms with Crippen molar-refractivity contribution >= 4 is 46.5 Å². The molecule has 0 spiro atoms. The third-order valence-corrected chi connectivity index (χ3v) is 6.22. The van der Waals surface area contributed by atoms with Crippen LogP contribution >= 0.6 is 11.8 Å². The number of amides is 3. The van der Waals surface area contributed by atoms with E-state index in [1.807, 2.05) is 6.07 Å². The van der Waals surface area contributed by atoms with Crippen LogP contribution in [-0.4, -0.2) is 46.7 Å². The molecule has 4 rings (SSSR count). The number of carbonyl (C=O) groups is 4. The number of nitrogens with one attached hydrogen (secondary N) is 1. The molecule has 1 aliphatic heterocycles. The number of para-hydroxylation sites is 1. The van der Waals surface area contributed by atoms with E-state index < -0.39 is 23.0 Å². The first-order valence-corrected chi connectivity index (χ1v) is 11.9. The molecule has 3 aromatic rings. The van der Waals surface area contributed by atoms with Gasteiger partial charge in [-0.2, -0.15) is 0 Å². The van der Waals surface area contributed by atoms with Crippen molar-refractivity contribution in [3.63, 3.8) is 0 Å². The number of methoxy groups -OCH3 is 1. The number of carboxylic acid groups (broad SMARTS) is 1. The number of thioether (sulfide) groups is 1. The summed E-state index contributed by atoms with van der Waals surface area (Å²) in [6.07, 6.45) is 1.55. The Morgan fingerprint density at radius 3 is 2.41 bits per heavy atom. The van der Waals surface area contributed by atoms with E-state index in [1.54, 1.807) is 60.7 Å². The minimum Gasteiger partial charge on any atom is -0.493 e. The molecule has 37 heavy (non-hydrogen) atoms. The van der Waals surface area contributed by atoms with E-state index in [-0.39, 0.29) is 23.6 Å². The van der Waals surface area contributed by atoms with E-state index in [0.29, 0.717) is 22.7 Å². The van der Waals surface area contributed by atoms with Gasteiger partial charge >= 0.3 is 5.97 Å². The summed E-state index contributed by atoms with van der Waals surface area (Å²) in [6.45, 7) is -0.194.